The van der Waals surface area contributed by atoms with Crippen molar-refractivity contribution in [3.8, 4) is 35.7 Å². The Bertz CT molecular complexity index is 957. The summed E-state index contributed by atoms with van der Waals surface area (Å²) in [6.07, 6.45) is 6.54. The Balaban J connectivity index is 1.96. The molecule has 2 aromatic carbocycles. The molecule has 0 aliphatic carbocycles. The zero-order valence-corrected chi connectivity index (χ0v) is 20.1. The molecule has 0 fully saturated rings. The fraction of sp³-hybridized carbons (Fsp3) is 0.320. The van der Waals surface area contributed by atoms with E-state index in [0.29, 0.717) is 29.6 Å². The number of methoxy groups -OCH3 is 1. The lowest BCUT2D eigenvalue weighted by molar-refractivity contribution is 0.127. The molecular weight excluding hydrogens is 474 g/mol. The minimum Gasteiger partial charge on any atom is -0.493 e. The fourth-order valence-corrected chi connectivity index (χ4v) is 3.36. The summed E-state index contributed by atoms with van der Waals surface area (Å²) in [5.41, 5.74) is 2.05. The van der Waals surface area contributed by atoms with Crippen LogP contribution in [0.3, 0.4) is 0 Å². The second kappa shape index (κ2) is 13.7. The van der Waals surface area contributed by atoms with E-state index in [2.05, 4.69) is 39.0 Å². The fourth-order valence-electron chi connectivity index (χ4n) is 2.79. The highest BCUT2D eigenvalue weighted by Crippen LogP contribution is 2.28. The molecule has 0 heterocycles. The van der Waals surface area contributed by atoms with Crippen molar-refractivity contribution in [2.45, 2.75) is 25.9 Å². The van der Waals surface area contributed by atoms with Crippen LogP contribution in [0.15, 0.2) is 46.9 Å². The molecule has 0 saturated heterocycles. The summed E-state index contributed by atoms with van der Waals surface area (Å²) in [6, 6.07) is 13.7. The maximum atomic E-state index is 5.79. The van der Waals surface area contributed by atoms with Crippen LogP contribution in [-0.2, 0) is 11.2 Å². The zero-order valence-electron chi connectivity index (χ0n) is 17.7. The van der Waals surface area contributed by atoms with E-state index in [1.807, 2.05) is 49.4 Å². The third-order valence-electron chi connectivity index (χ3n) is 4.29. The van der Waals surface area contributed by atoms with Gasteiger partial charge in [-0.3, -0.25) is 0 Å². The number of hydrogen-bond acceptors (Lipinski definition) is 4. The Labute approximate surface area is 198 Å². The van der Waals surface area contributed by atoms with Crippen molar-refractivity contribution in [2.24, 2.45) is 0 Å². The summed E-state index contributed by atoms with van der Waals surface area (Å²) in [6.45, 7) is 3.18. The minimum atomic E-state index is -0.395. The van der Waals surface area contributed by atoms with Gasteiger partial charge in [0.1, 0.15) is 24.3 Å². The molecule has 0 amide bonds. The first kappa shape index (κ1) is 24.8. The second-order valence-corrected chi connectivity index (χ2v) is 7.82. The van der Waals surface area contributed by atoms with Crippen LogP contribution in [0.5, 0.6) is 11.5 Å². The van der Waals surface area contributed by atoms with Crippen molar-refractivity contribution in [3.05, 3.63) is 58.1 Å². The van der Waals surface area contributed by atoms with Gasteiger partial charge in [-0.1, -0.05) is 65.1 Å². The lowest BCUT2D eigenvalue weighted by atomic mass is 10.1. The van der Waals surface area contributed by atoms with Gasteiger partial charge in [0.15, 0.2) is 11.5 Å². The number of rotatable bonds is 10. The number of thiocarbonyl (C=S) groups is 1. The van der Waals surface area contributed by atoms with Gasteiger partial charge in [-0.25, -0.2) is 0 Å². The quantitative estimate of drug-likeness (QED) is 0.363. The lowest BCUT2D eigenvalue weighted by Gasteiger charge is -2.20. The van der Waals surface area contributed by atoms with E-state index in [1.165, 1.54) is 0 Å². The third kappa shape index (κ3) is 8.26. The van der Waals surface area contributed by atoms with Gasteiger partial charge in [0.25, 0.3) is 0 Å². The standard InChI is InChI=1S/C25H26BrNO3S/c1-4-6-7-17-29-22-13-8-19(18-23(22)28-3)14-15-27-25(31)24(30-16-5-2)20-9-11-21(26)12-10-20/h2,8-13,18,24H,4,14-17H2,1,3H3,(H,27,31). The average Bonchev–Trinajstić information content (AvgIpc) is 2.78. The van der Waals surface area contributed by atoms with Gasteiger partial charge in [-0.05, 0) is 41.8 Å². The molecule has 162 valence electrons. The van der Waals surface area contributed by atoms with Crippen molar-refractivity contribution in [1.29, 1.82) is 0 Å². The first-order valence-electron chi connectivity index (χ1n) is 9.92. The maximum Gasteiger partial charge on any atom is 0.162 e. The van der Waals surface area contributed by atoms with Gasteiger partial charge in [-0.2, -0.15) is 0 Å². The highest BCUT2D eigenvalue weighted by Gasteiger charge is 2.17. The molecule has 0 aliphatic heterocycles. The SMILES string of the molecule is C#CCOC(C(=S)NCCc1ccc(OCC#CCC)c(OC)c1)c1ccc(Br)cc1. The van der Waals surface area contributed by atoms with Crippen LogP contribution < -0.4 is 14.8 Å². The Hall–Kier alpha value is -2.51. The number of ether oxygens (including phenoxy) is 3. The van der Waals surface area contributed by atoms with E-state index in [1.54, 1.807) is 7.11 Å². The van der Waals surface area contributed by atoms with Crippen molar-refractivity contribution in [1.82, 2.24) is 5.32 Å². The molecule has 2 rings (SSSR count). The van der Waals surface area contributed by atoms with Gasteiger partial charge in [0.2, 0.25) is 0 Å². The predicted octanol–water partition coefficient (Wildman–Crippen LogP) is 5.10. The molecule has 1 unspecified atom stereocenters. The normalized spacial score (nSPS) is 10.9. The molecule has 2 aromatic rings. The van der Waals surface area contributed by atoms with Crippen molar-refractivity contribution < 1.29 is 14.2 Å². The van der Waals surface area contributed by atoms with Crippen LogP contribution in [0.4, 0.5) is 0 Å². The first-order valence-corrected chi connectivity index (χ1v) is 11.1. The predicted molar refractivity (Wildman–Crippen MR) is 133 cm³/mol. The minimum absolute atomic E-state index is 0.184. The number of hydrogen-bond donors (Lipinski definition) is 1. The third-order valence-corrected chi connectivity index (χ3v) is 5.17. The van der Waals surface area contributed by atoms with Crippen LogP contribution in [0.25, 0.3) is 0 Å². The van der Waals surface area contributed by atoms with Crippen LogP contribution in [0, 0.1) is 24.2 Å². The molecule has 6 heteroatoms. The highest BCUT2D eigenvalue weighted by molar-refractivity contribution is 9.10. The number of benzene rings is 2. The summed E-state index contributed by atoms with van der Waals surface area (Å²) in [5.74, 6) is 9.81. The van der Waals surface area contributed by atoms with E-state index < -0.39 is 6.10 Å². The second-order valence-electron chi connectivity index (χ2n) is 6.47. The Morgan fingerprint density at radius 3 is 2.58 bits per heavy atom. The monoisotopic (exact) mass is 499 g/mol. The van der Waals surface area contributed by atoms with Crippen LogP contribution in [0.2, 0.25) is 0 Å². The van der Waals surface area contributed by atoms with Gasteiger partial charge >= 0.3 is 0 Å². The van der Waals surface area contributed by atoms with E-state index in [9.17, 15) is 0 Å². The summed E-state index contributed by atoms with van der Waals surface area (Å²) in [4.78, 5) is 0.596. The summed E-state index contributed by atoms with van der Waals surface area (Å²) < 4.78 is 17.9. The Morgan fingerprint density at radius 1 is 1.13 bits per heavy atom. The van der Waals surface area contributed by atoms with Crippen LogP contribution in [0.1, 0.15) is 30.6 Å². The summed E-state index contributed by atoms with van der Waals surface area (Å²) >= 11 is 9.03. The van der Waals surface area contributed by atoms with E-state index in [0.717, 1.165) is 28.4 Å². The Kier molecular flexibility index (Phi) is 11.0. The molecule has 0 spiro atoms. The number of halogens is 1. The molecule has 4 nitrogen and oxygen atoms in total. The van der Waals surface area contributed by atoms with Gasteiger partial charge in [0.05, 0.1) is 7.11 Å². The van der Waals surface area contributed by atoms with Crippen molar-refractivity contribution in [3.63, 3.8) is 0 Å². The molecule has 0 saturated carbocycles. The molecule has 0 aromatic heterocycles. The first-order chi connectivity index (χ1) is 15.1. The number of nitrogens with one attached hydrogen (secondary N) is 1. The highest BCUT2D eigenvalue weighted by atomic mass is 79.9. The van der Waals surface area contributed by atoms with E-state index in [-0.39, 0.29) is 6.61 Å². The van der Waals surface area contributed by atoms with Crippen molar-refractivity contribution >= 4 is 33.1 Å². The summed E-state index contributed by atoms with van der Waals surface area (Å²) in [5, 5.41) is 3.29. The molecule has 0 aliphatic rings. The van der Waals surface area contributed by atoms with Gasteiger partial charge in [0, 0.05) is 17.4 Å². The van der Waals surface area contributed by atoms with Gasteiger partial charge in [-0.15, -0.1) is 12.3 Å². The lowest BCUT2D eigenvalue weighted by Crippen LogP contribution is -2.31. The van der Waals surface area contributed by atoms with E-state index in [4.69, 9.17) is 32.9 Å². The number of terminal acetylenes is 1. The largest absolute Gasteiger partial charge is 0.493 e. The molecule has 0 bridgehead atoms. The maximum absolute atomic E-state index is 5.79. The Morgan fingerprint density at radius 2 is 1.90 bits per heavy atom. The molecular formula is C25H26BrNO3S. The van der Waals surface area contributed by atoms with Crippen LogP contribution >= 0.6 is 28.1 Å². The molecule has 1 N–H and O–H groups in total. The van der Waals surface area contributed by atoms with Gasteiger partial charge < -0.3 is 19.5 Å². The molecule has 1 atom stereocenters. The topological polar surface area (TPSA) is 39.7 Å². The summed E-state index contributed by atoms with van der Waals surface area (Å²) in [7, 11) is 1.63. The van der Waals surface area contributed by atoms with E-state index >= 15 is 0 Å². The molecule has 0 radical (unpaired) electrons. The average molecular weight is 500 g/mol. The smallest absolute Gasteiger partial charge is 0.162 e. The molecule has 31 heavy (non-hydrogen) atoms. The zero-order chi connectivity index (χ0) is 22.5. The van der Waals surface area contributed by atoms with Crippen LogP contribution in [-0.4, -0.2) is 31.9 Å². The van der Waals surface area contributed by atoms with Crippen molar-refractivity contribution in [2.75, 3.05) is 26.9 Å².